The van der Waals surface area contributed by atoms with Crippen molar-refractivity contribution in [2.24, 2.45) is 0 Å². The third-order valence-electron chi connectivity index (χ3n) is 11.4. The van der Waals surface area contributed by atoms with Crippen LogP contribution in [-0.4, -0.2) is 14.5 Å². The van der Waals surface area contributed by atoms with Crippen molar-refractivity contribution in [2.75, 3.05) is 0 Å². The van der Waals surface area contributed by atoms with Crippen molar-refractivity contribution in [3.63, 3.8) is 0 Å². The molecule has 12 aromatic rings. The monoisotopic (exact) mass is 729 g/mol. The summed E-state index contributed by atoms with van der Waals surface area (Å²) in [6, 6.07) is 67.8. The highest BCUT2D eigenvalue weighted by molar-refractivity contribution is 7.26. The van der Waals surface area contributed by atoms with E-state index < -0.39 is 0 Å². The van der Waals surface area contributed by atoms with Gasteiger partial charge >= 0.3 is 0 Å². The largest absolute Gasteiger partial charge is 0.309 e. The number of para-hydroxylation sites is 2. The molecule has 56 heavy (non-hydrogen) atoms. The number of benzene rings is 9. The molecule has 3 heterocycles. The van der Waals surface area contributed by atoms with Crippen LogP contribution in [-0.2, 0) is 0 Å². The summed E-state index contributed by atoms with van der Waals surface area (Å²) in [6.07, 6.45) is 0. The van der Waals surface area contributed by atoms with Gasteiger partial charge in [-0.15, -0.1) is 11.3 Å². The van der Waals surface area contributed by atoms with E-state index in [1.165, 1.54) is 69.1 Å². The van der Waals surface area contributed by atoms with E-state index in [1.54, 1.807) is 0 Å². The number of fused-ring (bicyclic) bond motifs is 11. The molecule has 0 radical (unpaired) electrons. The Morgan fingerprint density at radius 3 is 2.00 bits per heavy atom. The van der Waals surface area contributed by atoms with Crippen LogP contribution in [0.1, 0.15) is 0 Å². The minimum atomic E-state index is 0.721. The molecule has 0 unspecified atom stereocenters. The average Bonchev–Trinajstić information content (AvgIpc) is 3.82. The van der Waals surface area contributed by atoms with E-state index in [0.29, 0.717) is 0 Å². The first-order valence-electron chi connectivity index (χ1n) is 19.0. The molecule has 9 aromatic carbocycles. The molecule has 3 nitrogen and oxygen atoms in total. The molecule has 0 fully saturated rings. The molecule has 0 spiro atoms. The highest BCUT2D eigenvalue weighted by Gasteiger charge is 2.21. The Hall–Kier alpha value is -7.14. The Morgan fingerprint density at radius 2 is 1.09 bits per heavy atom. The van der Waals surface area contributed by atoms with Gasteiger partial charge in [0, 0.05) is 58.5 Å². The van der Waals surface area contributed by atoms with Crippen molar-refractivity contribution in [1.29, 1.82) is 0 Å². The van der Waals surface area contributed by atoms with Crippen molar-refractivity contribution in [2.45, 2.75) is 0 Å². The number of hydrogen-bond acceptors (Lipinski definition) is 3. The molecule has 12 rings (SSSR count). The van der Waals surface area contributed by atoms with Crippen molar-refractivity contribution < 1.29 is 0 Å². The van der Waals surface area contributed by atoms with Gasteiger partial charge in [-0.25, -0.2) is 9.97 Å². The first-order valence-corrected chi connectivity index (χ1v) is 19.8. The van der Waals surface area contributed by atoms with E-state index in [0.717, 1.165) is 44.8 Å². The number of thiophene rings is 1. The maximum Gasteiger partial charge on any atom is 0.161 e. The quantitative estimate of drug-likeness (QED) is 0.169. The molecule has 0 aliphatic rings. The smallest absolute Gasteiger partial charge is 0.161 e. The predicted molar refractivity (Wildman–Crippen MR) is 238 cm³/mol. The van der Waals surface area contributed by atoms with Gasteiger partial charge in [0.15, 0.2) is 5.82 Å². The third-order valence-corrected chi connectivity index (χ3v) is 12.6. The van der Waals surface area contributed by atoms with Gasteiger partial charge in [-0.3, -0.25) is 0 Å². The molecule has 0 aliphatic heterocycles. The highest BCUT2D eigenvalue weighted by Crippen LogP contribution is 2.45. The minimum absolute atomic E-state index is 0.721. The minimum Gasteiger partial charge on any atom is -0.309 e. The fraction of sp³-hybridized carbons (Fsp3) is 0. The van der Waals surface area contributed by atoms with Crippen molar-refractivity contribution >= 4 is 85.8 Å². The SMILES string of the molecule is c1ccc(-c2cccc(-c3nc(-c4cc(-n5c6ccccc6c6ccc7c8ccccc8ccc7c65)cc5c4sc4ccccc45)nc4ccccc34)c2)cc1. The number of rotatable bonds is 4. The van der Waals surface area contributed by atoms with Crippen molar-refractivity contribution in [3.8, 4) is 39.5 Å². The normalized spacial score (nSPS) is 11.9. The second kappa shape index (κ2) is 12.2. The fourth-order valence-corrected chi connectivity index (χ4v) is 10.0. The molecule has 0 aliphatic carbocycles. The Morgan fingerprint density at radius 1 is 0.411 bits per heavy atom. The zero-order valence-electron chi connectivity index (χ0n) is 30.1. The van der Waals surface area contributed by atoms with Gasteiger partial charge in [-0.2, -0.15) is 0 Å². The van der Waals surface area contributed by atoms with E-state index >= 15 is 0 Å². The summed E-state index contributed by atoms with van der Waals surface area (Å²) in [5, 5.41) is 10.9. The zero-order valence-corrected chi connectivity index (χ0v) is 31.0. The summed E-state index contributed by atoms with van der Waals surface area (Å²) < 4.78 is 4.91. The molecule has 0 amide bonds. The van der Waals surface area contributed by atoms with Crippen LogP contribution in [0, 0.1) is 0 Å². The zero-order chi connectivity index (χ0) is 36.7. The second-order valence-electron chi connectivity index (χ2n) is 14.5. The molecular weight excluding hydrogens is 699 g/mol. The van der Waals surface area contributed by atoms with Crippen LogP contribution in [0.5, 0.6) is 0 Å². The van der Waals surface area contributed by atoms with Crippen LogP contribution in [0.25, 0.3) is 114 Å². The van der Waals surface area contributed by atoms with Gasteiger partial charge in [0.25, 0.3) is 0 Å². The molecule has 0 N–H and O–H groups in total. The van der Waals surface area contributed by atoms with Crippen LogP contribution in [0.2, 0.25) is 0 Å². The van der Waals surface area contributed by atoms with Crippen molar-refractivity contribution in [3.05, 3.63) is 188 Å². The van der Waals surface area contributed by atoms with E-state index in [1.807, 2.05) is 11.3 Å². The number of nitrogens with zero attached hydrogens (tertiary/aromatic N) is 3. The molecule has 260 valence electrons. The lowest BCUT2D eigenvalue weighted by Crippen LogP contribution is -1.99. The Labute approximate surface area is 326 Å². The number of hydrogen-bond donors (Lipinski definition) is 0. The maximum absolute atomic E-state index is 5.51. The van der Waals surface area contributed by atoms with Gasteiger partial charge in [0.05, 0.1) is 22.2 Å². The summed E-state index contributed by atoms with van der Waals surface area (Å²) >= 11 is 1.82. The number of aromatic nitrogens is 3. The molecule has 0 saturated heterocycles. The average molecular weight is 730 g/mol. The van der Waals surface area contributed by atoms with Crippen LogP contribution in [0.15, 0.2) is 188 Å². The van der Waals surface area contributed by atoms with Crippen LogP contribution in [0.3, 0.4) is 0 Å². The first-order chi connectivity index (χ1) is 27.8. The van der Waals surface area contributed by atoms with E-state index in [2.05, 4.69) is 193 Å². The first kappa shape index (κ1) is 31.2. The molecule has 0 atom stereocenters. The lowest BCUT2D eigenvalue weighted by atomic mass is 9.99. The summed E-state index contributed by atoms with van der Waals surface area (Å²) in [7, 11) is 0. The molecule has 0 bridgehead atoms. The van der Waals surface area contributed by atoms with Crippen LogP contribution < -0.4 is 0 Å². The van der Waals surface area contributed by atoms with Crippen LogP contribution >= 0.6 is 11.3 Å². The maximum atomic E-state index is 5.51. The Balaban J connectivity index is 1.18. The summed E-state index contributed by atoms with van der Waals surface area (Å²) in [6.45, 7) is 0. The predicted octanol–water partition coefficient (Wildman–Crippen LogP) is 14.4. The molecular formula is C52H31N3S. The Bertz CT molecular complexity index is 3540. The molecule has 3 aromatic heterocycles. The lowest BCUT2D eigenvalue weighted by Gasteiger charge is -2.15. The van der Waals surface area contributed by atoms with Gasteiger partial charge < -0.3 is 4.57 Å². The van der Waals surface area contributed by atoms with Gasteiger partial charge in [0.1, 0.15) is 0 Å². The summed E-state index contributed by atoms with van der Waals surface area (Å²) in [5.74, 6) is 0.721. The third kappa shape index (κ3) is 4.70. The van der Waals surface area contributed by atoms with Gasteiger partial charge in [0.2, 0.25) is 0 Å². The highest BCUT2D eigenvalue weighted by atomic mass is 32.1. The lowest BCUT2D eigenvalue weighted by molar-refractivity contribution is 1.18. The van der Waals surface area contributed by atoms with Crippen molar-refractivity contribution in [1.82, 2.24) is 14.5 Å². The van der Waals surface area contributed by atoms with Gasteiger partial charge in [-0.05, 0) is 63.7 Å². The second-order valence-corrected chi connectivity index (χ2v) is 15.6. The van der Waals surface area contributed by atoms with Gasteiger partial charge in [-0.1, -0.05) is 152 Å². The Kier molecular flexibility index (Phi) is 6.80. The topological polar surface area (TPSA) is 30.7 Å². The molecule has 0 saturated carbocycles. The van der Waals surface area contributed by atoms with E-state index in [-0.39, 0.29) is 0 Å². The molecule has 4 heteroatoms. The van der Waals surface area contributed by atoms with Crippen LogP contribution in [0.4, 0.5) is 0 Å². The summed E-state index contributed by atoms with van der Waals surface area (Å²) in [5.41, 5.74) is 9.75. The standard InChI is InChI=1S/C52H31N3S/c1-2-13-32(14-3-1)34-16-12-17-35(29-34)49-43-21-6-9-22-46(43)53-52(54-49)45-31-36(30-44-40-20-8-11-24-48(40)56-51(44)45)55-47-23-10-7-19-39(47)42-28-27-38-37-18-5-4-15-33(37)25-26-41(38)50(42)55/h1-31H. The summed E-state index contributed by atoms with van der Waals surface area (Å²) in [4.78, 5) is 10.9. The van der Waals surface area contributed by atoms with E-state index in [9.17, 15) is 0 Å². The van der Waals surface area contributed by atoms with E-state index in [4.69, 9.17) is 9.97 Å². The fourth-order valence-electron chi connectivity index (χ4n) is 8.82.